The summed E-state index contributed by atoms with van der Waals surface area (Å²) in [5, 5.41) is 0.337. The number of Topliss-reactive ketones (excluding diaryl/α,β-unsaturated/α-hetero) is 1. The molecule has 1 heterocycles. The van der Waals surface area contributed by atoms with Crippen molar-refractivity contribution in [2.24, 2.45) is 0 Å². The Bertz CT molecular complexity index is 586. The quantitative estimate of drug-likeness (QED) is 0.795. The van der Waals surface area contributed by atoms with Gasteiger partial charge in [-0.2, -0.15) is 0 Å². The topological polar surface area (TPSA) is 30.0 Å². The van der Waals surface area contributed by atoms with Crippen molar-refractivity contribution in [1.82, 2.24) is 4.98 Å². The standard InChI is InChI=1S/C13H8BrClFNO/c14-8-1-3-10(17-7-8)6-13(18)11-5-9(15)2-4-12(11)16/h1-5,7H,6H2. The van der Waals surface area contributed by atoms with Crippen molar-refractivity contribution in [2.45, 2.75) is 6.42 Å². The Balaban J connectivity index is 2.21. The second kappa shape index (κ2) is 5.59. The zero-order valence-electron chi connectivity index (χ0n) is 9.16. The van der Waals surface area contributed by atoms with Gasteiger partial charge in [0.15, 0.2) is 5.78 Å². The third-order valence-corrected chi connectivity index (χ3v) is 3.06. The zero-order chi connectivity index (χ0) is 13.1. The lowest BCUT2D eigenvalue weighted by Gasteiger charge is -2.03. The molecule has 0 aliphatic carbocycles. The van der Waals surface area contributed by atoms with E-state index < -0.39 is 5.82 Å². The van der Waals surface area contributed by atoms with Gasteiger partial charge in [-0.3, -0.25) is 9.78 Å². The van der Waals surface area contributed by atoms with Gasteiger partial charge < -0.3 is 0 Å². The van der Waals surface area contributed by atoms with Crippen molar-refractivity contribution in [2.75, 3.05) is 0 Å². The number of hydrogen-bond acceptors (Lipinski definition) is 2. The van der Waals surface area contributed by atoms with E-state index in [1.807, 2.05) is 0 Å². The van der Waals surface area contributed by atoms with E-state index in [4.69, 9.17) is 11.6 Å². The van der Waals surface area contributed by atoms with E-state index in [-0.39, 0.29) is 17.8 Å². The average molecular weight is 329 g/mol. The van der Waals surface area contributed by atoms with Gasteiger partial charge in [0, 0.05) is 21.4 Å². The molecule has 2 rings (SSSR count). The smallest absolute Gasteiger partial charge is 0.171 e. The summed E-state index contributed by atoms with van der Waals surface area (Å²) in [7, 11) is 0. The maximum atomic E-state index is 13.5. The molecule has 1 aromatic heterocycles. The number of aromatic nitrogens is 1. The molecular formula is C13H8BrClFNO. The van der Waals surface area contributed by atoms with Crippen LogP contribution in [0.1, 0.15) is 16.1 Å². The highest BCUT2D eigenvalue weighted by atomic mass is 79.9. The van der Waals surface area contributed by atoms with Crippen LogP contribution in [0.25, 0.3) is 0 Å². The van der Waals surface area contributed by atoms with E-state index in [1.165, 1.54) is 18.2 Å². The van der Waals surface area contributed by atoms with Gasteiger partial charge in [0.05, 0.1) is 12.0 Å². The summed E-state index contributed by atoms with van der Waals surface area (Å²) in [4.78, 5) is 16.0. The zero-order valence-corrected chi connectivity index (χ0v) is 11.5. The molecule has 1 aromatic carbocycles. The maximum Gasteiger partial charge on any atom is 0.171 e. The first-order chi connectivity index (χ1) is 8.56. The van der Waals surface area contributed by atoms with Gasteiger partial charge in [0.1, 0.15) is 5.82 Å². The average Bonchev–Trinajstić information content (AvgIpc) is 2.35. The number of rotatable bonds is 3. The number of halogens is 3. The first-order valence-electron chi connectivity index (χ1n) is 5.15. The van der Waals surface area contributed by atoms with E-state index in [0.29, 0.717) is 10.7 Å². The number of ketones is 1. The number of nitrogens with zero attached hydrogens (tertiary/aromatic N) is 1. The van der Waals surface area contributed by atoms with Gasteiger partial charge in [-0.15, -0.1) is 0 Å². The van der Waals surface area contributed by atoms with Crippen LogP contribution >= 0.6 is 27.5 Å². The Kier molecular flexibility index (Phi) is 4.09. The van der Waals surface area contributed by atoms with E-state index in [9.17, 15) is 9.18 Å². The van der Waals surface area contributed by atoms with Crippen molar-refractivity contribution in [1.29, 1.82) is 0 Å². The number of hydrogen-bond donors (Lipinski definition) is 0. The third-order valence-electron chi connectivity index (χ3n) is 2.36. The summed E-state index contributed by atoms with van der Waals surface area (Å²) >= 11 is 9.00. The number of benzene rings is 1. The highest BCUT2D eigenvalue weighted by molar-refractivity contribution is 9.10. The number of carbonyl (C=O) groups excluding carboxylic acids is 1. The van der Waals surface area contributed by atoms with Gasteiger partial charge >= 0.3 is 0 Å². The Hall–Kier alpha value is -1.26. The summed E-state index contributed by atoms with van der Waals surface area (Å²) in [6, 6.07) is 7.42. The van der Waals surface area contributed by atoms with Gasteiger partial charge in [0.2, 0.25) is 0 Å². The fourth-order valence-electron chi connectivity index (χ4n) is 1.48. The summed E-state index contributed by atoms with van der Waals surface area (Å²) in [6.45, 7) is 0. The lowest BCUT2D eigenvalue weighted by Crippen LogP contribution is -2.07. The molecule has 18 heavy (non-hydrogen) atoms. The molecule has 0 bridgehead atoms. The van der Waals surface area contributed by atoms with Crippen LogP contribution in [-0.4, -0.2) is 10.8 Å². The van der Waals surface area contributed by atoms with Crippen LogP contribution in [0.2, 0.25) is 5.02 Å². The van der Waals surface area contributed by atoms with E-state index >= 15 is 0 Å². The molecule has 0 atom stereocenters. The summed E-state index contributed by atoms with van der Waals surface area (Å²) in [5.74, 6) is -0.911. The van der Waals surface area contributed by atoms with Crippen LogP contribution in [0, 0.1) is 5.82 Å². The van der Waals surface area contributed by atoms with Crippen LogP contribution in [-0.2, 0) is 6.42 Å². The van der Waals surface area contributed by atoms with Crippen molar-refractivity contribution in [3.05, 3.63) is 63.1 Å². The highest BCUT2D eigenvalue weighted by Gasteiger charge is 2.13. The van der Waals surface area contributed by atoms with Crippen molar-refractivity contribution in [3.8, 4) is 0 Å². The summed E-state index contributed by atoms with van der Waals surface area (Å²) in [6.07, 6.45) is 1.64. The van der Waals surface area contributed by atoms with Crippen LogP contribution < -0.4 is 0 Å². The maximum absolute atomic E-state index is 13.5. The van der Waals surface area contributed by atoms with Crippen LogP contribution in [0.15, 0.2) is 41.0 Å². The SMILES string of the molecule is O=C(Cc1ccc(Br)cn1)c1cc(Cl)ccc1F. The number of carbonyl (C=O) groups is 1. The predicted octanol–water partition coefficient (Wildman–Crippen LogP) is 4.06. The fraction of sp³-hybridized carbons (Fsp3) is 0.0769. The Labute approximate surface area is 117 Å². The predicted molar refractivity (Wildman–Crippen MR) is 71.4 cm³/mol. The lowest BCUT2D eigenvalue weighted by atomic mass is 10.1. The molecule has 5 heteroatoms. The minimum absolute atomic E-state index is 0.00720. The molecule has 0 aliphatic heterocycles. The molecule has 2 aromatic rings. The van der Waals surface area contributed by atoms with E-state index in [0.717, 1.165) is 4.47 Å². The second-order valence-corrected chi connectivity index (χ2v) is 5.04. The minimum Gasteiger partial charge on any atom is -0.294 e. The van der Waals surface area contributed by atoms with Gasteiger partial charge in [-0.25, -0.2) is 4.39 Å². The molecule has 0 unspecified atom stereocenters. The molecule has 0 saturated carbocycles. The molecule has 0 aliphatic rings. The van der Waals surface area contributed by atoms with Crippen LogP contribution in [0.5, 0.6) is 0 Å². The Morgan fingerprint density at radius 1 is 1.33 bits per heavy atom. The van der Waals surface area contributed by atoms with Crippen LogP contribution in [0.4, 0.5) is 4.39 Å². The van der Waals surface area contributed by atoms with Gasteiger partial charge in [-0.1, -0.05) is 11.6 Å². The first kappa shape index (κ1) is 13.2. The van der Waals surface area contributed by atoms with E-state index in [1.54, 1.807) is 18.3 Å². The van der Waals surface area contributed by atoms with E-state index in [2.05, 4.69) is 20.9 Å². The highest BCUT2D eigenvalue weighted by Crippen LogP contribution is 2.17. The van der Waals surface area contributed by atoms with Crippen molar-refractivity contribution >= 4 is 33.3 Å². The lowest BCUT2D eigenvalue weighted by molar-refractivity contribution is 0.0988. The molecule has 92 valence electrons. The minimum atomic E-state index is -0.568. The molecular weight excluding hydrogens is 321 g/mol. The summed E-state index contributed by atoms with van der Waals surface area (Å²) < 4.78 is 14.3. The Morgan fingerprint density at radius 2 is 2.11 bits per heavy atom. The second-order valence-electron chi connectivity index (χ2n) is 3.69. The molecule has 0 fully saturated rings. The van der Waals surface area contributed by atoms with Gasteiger partial charge in [-0.05, 0) is 46.3 Å². The van der Waals surface area contributed by atoms with Crippen molar-refractivity contribution < 1.29 is 9.18 Å². The third kappa shape index (κ3) is 3.15. The fourth-order valence-corrected chi connectivity index (χ4v) is 1.89. The molecule has 0 radical (unpaired) electrons. The molecule has 0 spiro atoms. The molecule has 0 amide bonds. The Morgan fingerprint density at radius 3 is 2.78 bits per heavy atom. The monoisotopic (exact) mass is 327 g/mol. The molecule has 0 N–H and O–H groups in total. The molecule has 0 saturated heterocycles. The van der Waals surface area contributed by atoms with Crippen molar-refractivity contribution in [3.63, 3.8) is 0 Å². The van der Waals surface area contributed by atoms with Crippen LogP contribution in [0.3, 0.4) is 0 Å². The molecule has 2 nitrogen and oxygen atoms in total. The largest absolute Gasteiger partial charge is 0.294 e. The summed E-state index contributed by atoms with van der Waals surface area (Å²) in [5.41, 5.74) is 0.579. The normalized spacial score (nSPS) is 10.4. The first-order valence-corrected chi connectivity index (χ1v) is 6.32. The van der Waals surface area contributed by atoms with Gasteiger partial charge in [0.25, 0.3) is 0 Å². The number of pyridine rings is 1.